The summed E-state index contributed by atoms with van der Waals surface area (Å²) in [6.07, 6.45) is -19.1. The van der Waals surface area contributed by atoms with Crippen molar-refractivity contribution in [3.05, 3.63) is 178 Å². The molecule has 0 aliphatic heterocycles. The zero-order valence-electron chi connectivity index (χ0n) is 28.6. The van der Waals surface area contributed by atoms with E-state index in [-0.39, 0.29) is 51.7 Å². The van der Waals surface area contributed by atoms with E-state index >= 15 is 8.78 Å². The topological polar surface area (TPSA) is 6.48 Å². The molecule has 6 rings (SSSR count). The molecule has 0 bridgehead atoms. The predicted molar refractivity (Wildman–Crippen MR) is 185 cm³/mol. The Morgan fingerprint density at radius 3 is 0.702 bits per heavy atom. The van der Waals surface area contributed by atoms with Gasteiger partial charge in [0.25, 0.3) is 0 Å². The van der Waals surface area contributed by atoms with Crippen LogP contribution in [0.5, 0.6) is 0 Å². The van der Waals surface area contributed by atoms with Gasteiger partial charge in [0, 0.05) is 40.5 Å². The molecule has 6 aromatic carbocycles. The summed E-state index contributed by atoms with van der Waals surface area (Å²) in [5.41, 5.74) is -4.01. The molecule has 2 nitrogen and oxygen atoms in total. The molecule has 0 aliphatic rings. The van der Waals surface area contributed by atoms with Crippen molar-refractivity contribution in [1.82, 2.24) is 0 Å². The van der Waals surface area contributed by atoms with Crippen molar-refractivity contribution >= 4 is 34.1 Å². The van der Waals surface area contributed by atoms with E-state index in [0.29, 0.717) is 0 Å². The molecule has 296 valence electrons. The van der Waals surface area contributed by atoms with Gasteiger partial charge in [0.1, 0.15) is 11.6 Å². The Kier molecular flexibility index (Phi) is 10.8. The number of hydrogen-bond donors (Lipinski definition) is 0. The minimum Gasteiger partial charge on any atom is -0.310 e. The normalized spacial score (nSPS) is 12.5. The second-order valence-electron chi connectivity index (χ2n) is 12.6. The lowest BCUT2D eigenvalue weighted by atomic mass is 10.0. The van der Waals surface area contributed by atoms with E-state index < -0.39 is 58.6 Å². The third-order valence-corrected chi connectivity index (χ3v) is 8.78. The standard InChI is InChI=1S/C41H24F14N2/c42-36-22-34(56(30-13-3-26(4-14-30)38(44,45)46)31-15-5-27(6-16-31)39(47,48)49)11-1-24(36)21-25-2-12-35(23-37(25)43)57(32-17-7-28(8-18-32)40(50,51)52)33-19-9-29(10-20-33)41(53,54)55/h1-20,22-23H,21H2. The fourth-order valence-corrected chi connectivity index (χ4v) is 5.93. The molecular formula is C41H24F14N2. The maximum absolute atomic E-state index is 15.8. The molecule has 0 N–H and O–H groups in total. The molecule has 0 saturated carbocycles. The second kappa shape index (κ2) is 15.1. The zero-order valence-corrected chi connectivity index (χ0v) is 28.6. The molecule has 0 aromatic heterocycles. The van der Waals surface area contributed by atoms with Crippen LogP contribution in [0, 0.1) is 11.6 Å². The molecule has 0 radical (unpaired) electrons. The summed E-state index contributed by atoms with van der Waals surface area (Å²) >= 11 is 0. The first-order valence-electron chi connectivity index (χ1n) is 16.5. The Morgan fingerprint density at radius 1 is 0.298 bits per heavy atom. The first-order chi connectivity index (χ1) is 26.6. The molecule has 0 atom stereocenters. The number of benzene rings is 6. The van der Waals surface area contributed by atoms with Crippen LogP contribution in [0.1, 0.15) is 33.4 Å². The monoisotopic (exact) mass is 810 g/mol. The molecule has 0 fully saturated rings. The molecule has 0 amide bonds. The highest BCUT2D eigenvalue weighted by molar-refractivity contribution is 5.78. The lowest BCUT2D eigenvalue weighted by Gasteiger charge is -2.27. The van der Waals surface area contributed by atoms with Crippen molar-refractivity contribution in [1.29, 1.82) is 0 Å². The van der Waals surface area contributed by atoms with Crippen molar-refractivity contribution in [2.45, 2.75) is 31.1 Å². The van der Waals surface area contributed by atoms with Crippen LogP contribution in [0.15, 0.2) is 133 Å². The van der Waals surface area contributed by atoms with Crippen molar-refractivity contribution in [2.24, 2.45) is 0 Å². The van der Waals surface area contributed by atoms with Gasteiger partial charge in [-0.3, -0.25) is 0 Å². The molecule has 57 heavy (non-hydrogen) atoms. The number of rotatable bonds is 8. The molecule has 16 heteroatoms. The van der Waals surface area contributed by atoms with Crippen LogP contribution in [0.3, 0.4) is 0 Å². The molecule has 0 saturated heterocycles. The van der Waals surface area contributed by atoms with Gasteiger partial charge >= 0.3 is 24.7 Å². The highest BCUT2D eigenvalue weighted by Crippen LogP contribution is 2.41. The van der Waals surface area contributed by atoms with E-state index in [4.69, 9.17) is 0 Å². The smallest absolute Gasteiger partial charge is 0.310 e. The van der Waals surface area contributed by atoms with Crippen LogP contribution < -0.4 is 9.80 Å². The summed E-state index contributed by atoms with van der Waals surface area (Å²) in [5.74, 6) is -1.84. The van der Waals surface area contributed by atoms with Crippen molar-refractivity contribution in [3.63, 3.8) is 0 Å². The van der Waals surface area contributed by atoms with Crippen LogP contribution in [0.25, 0.3) is 0 Å². The zero-order chi connectivity index (χ0) is 41.5. The summed E-state index contributed by atoms with van der Waals surface area (Å²) in [7, 11) is 0. The number of nitrogens with zero attached hydrogens (tertiary/aromatic N) is 2. The third-order valence-electron chi connectivity index (χ3n) is 8.78. The van der Waals surface area contributed by atoms with Gasteiger partial charge < -0.3 is 9.80 Å². The Bertz CT molecular complexity index is 2040. The first-order valence-corrected chi connectivity index (χ1v) is 16.5. The van der Waals surface area contributed by atoms with Crippen LogP contribution in [0.4, 0.5) is 95.6 Å². The Balaban J connectivity index is 1.33. The Labute approximate surface area is 314 Å². The third kappa shape index (κ3) is 9.16. The quantitative estimate of drug-likeness (QED) is 0.141. The minimum absolute atomic E-state index is 0.00434. The van der Waals surface area contributed by atoms with Gasteiger partial charge in [-0.1, -0.05) is 12.1 Å². The molecule has 0 heterocycles. The van der Waals surface area contributed by atoms with Crippen LogP contribution in [-0.2, 0) is 31.1 Å². The average Bonchev–Trinajstić information content (AvgIpc) is 3.13. The number of halogens is 14. The number of alkyl halides is 12. The first kappa shape index (κ1) is 40.6. The highest BCUT2D eigenvalue weighted by Gasteiger charge is 2.33. The van der Waals surface area contributed by atoms with Crippen molar-refractivity contribution in [2.75, 3.05) is 9.80 Å². The maximum atomic E-state index is 15.8. The minimum atomic E-state index is -4.69. The van der Waals surface area contributed by atoms with Gasteiger partial charge in [0.05, 0.1) is 22.3 Å². The molecule has 6 aromatic rings. The van der Waals surface area contributed by atoms with Crippen LogP contribution in [-0.4, -0.2) is 0 Å². The van der Waals surface area contributed by atoms with E-state index in [1.165, 1.54) is 34.1 Å². The SMILES string of the molecule is Fc1cc(N(c2ccc(C(F)(F)F)cc2)c2ccc(C(F)(F)F)cc2)ccc1Cc1ccc(N(c2ccc(C(F)(F)F)cc2)c2ccc(C(F)(F)F)cc2)cc1F. The van der Waals surface area contributed by atoms with Crippen molar-refractivity contribution < 1.29 is 61.5 Å². The van der Waals surface area contributed by atoms with Crippen LogP contribution >= 0.6 is 0 Å². The van der Waals surface area contributed by atoms with E-state index in [0.717, 1.165) is 109 Å². The van der Waals surface area contributed by atoms with Gasteiger partial charge in [-0.2, -0.15) is 52.7 Å². The predicted octanol–water partition coefficient (Wildman–Crippen LogP) is 14.6. The second-order valence-corrected chi connectivity index (χ2v) is 12.6. The lowest BCUT2D eigenvalue weighted by molar-refractivity contribution is -0.138. The number of hydrogen-bond acceptors (Lipinski definition) is 2. The van der Waals surface area contributed by atoms with Crippen LogP contribution in [0.2, 0.25) is 0 Å². The van der Waals surface area contributed by atoms with E-state index in [1.54, 1.807) is 0 Å². The summed E-state index contributed by atoms with van der Waals surface area (Å²) < 4.78 is 191. The fraction of sp³-hybridized carbons (Fsp3) is 0.122. The van der Waals surface area contributed by atoms with Gasteiger partial charge in [-0.25, -0.2) is 8.78 Å². The summed E-state index contributed by atoms with van der Waals surface area (Å²) in [5, 5.41) is 0. The Hall–Kier alpha value is -6.06. The van der Waals surface area contributed by atoms with Gasteiger partial charge in [0.15, 0.2) is 0 Å². The summed E-state index contributed by atoms with van der Waals surface area (Å²) in [4.78, 5) is 2.44. The summed E-state index contributed by atoms with van der Waals surface area (Å²) in [6.45, 7) is 0. The van der Waals surface area contributed by atoms with E-state index in [2.05, 4.69) is 0 Å². The molecule has 0 aliphatic carbocycles. The lowest BCUT2D eigenvalue weighted by Crippen LogP contribution is -2.13. The fourth-order valence-electron chi connectivity index (χ4n) is 5.93. The summed E-state index contributed by atoms with van der Waals surface area (Å²) in [6, 6.07) is 21.5. The average molecular weight is 811 g/mol. The van der Waals surface area contributed by atoms with Gasteiger partial charge in [-0.05, 0) is 132 Å². The molecule has 0 spiro atoms. The van der Waals surface area contributed by atoms with E-state index in [1.807, 2.05) is 0 Å². The molecule has 0 unspecified atom stereocenters. The number of anilines is 6. The maximum Gasteiger partial charge on any atom is 0.416 e. The van der Waals surface area contributed by atoms with Gasteiger partial charge in [-0.15, -0.1) is 0 Å². The van der Waals surface area contributed by atoms with E-state index in [9.17, 15) is 52.7 Å². The largest absolute Gasteiger partial charge is 0.416 e. The Morgan fingerprint density at radius 2 is 0.509 bits per heavy atom. The van der Waals surface area contributed by atoms with Crippen molar-refractivity contribution in [3.8, 4) is 0 Å². The highest BCUT2D eigenvalue weighted by atomic mass is 19.4. The molecular weight excluding hydrogens is 786 g/mol. The van der Waals surface area contributed by atoms with Gasteiger partial charge in [0.2, 0.25) is 0 Å².